The summed E-state index contributed by atoms with van der Waals surface area (Å²) in [7, 11) is 3.23. The number of aliphatic imine (C=N–C) groups is 1. The van der Waals surface area contributed by atoms with Crippen molar-refractivity contribution in [3.05, 3.63) is 71.3 Å². The number of anilines is 1. The van der Waals surface area contributed by atoms with Gasteiger partial charge in [-0.25, -0.2) is 14.2 Å². The van der Waals surface area contributed by atoms with Crippen molar-refractivity contribution in [3.8, 4) is 5.75 Å². The third-order valence-corrected chi connectivity index (χ3v) is 6.51. The standard InChI is InChI=1S/C24H24FN5O3/c1-14-15(2)30-20-21(26-23(30)29(14)17-9-11-18(33-4)12-10-17)27(3)24(32)28(22(20)31)13-16-7-5-6-8-19(16)25/h5-12,20-21H,13H2,1-4H3. The van der Waals surface area contributed by atoms with E-state index >= 15 is 0 Å². The first-order valence-corrected chi connectivity index (χ1v) is 10.6. The number of halogens is 1. The van der Waals surface area contributed by atoms with Crippen LogP contribution in [0.25, 0.3) is 0 Å². The summed E-state index contributed by atoms with van der Waals surface area (Å²) in [4.78, 5) is 37.8. The molecule has 2 atom stereocenters. The molecule has 1 fully saturated rings. The van der Waals surface area contributed by atoms with Crippen molar-refractivity contribution in [3.63, 3.8) is 0 Å². The first kappa shape index (κ1) is 21.0. The molecule has 5 rings (SSSR count). The third-order valence-electron chi connectivity index (χ3n) is 6.51. The molecule has 0 saturated carbocycles. The van der Waals surface area contributed by atoms with Crippen LogP contribution < -0.4 is 9.64 Å². The van der Waals surface area contributed by atoms with E-state index < -0.39 is 30.0 Å². The molecule has 0 N–H and O–H groups in total. The van der Waals surface area contributed by atoms with Crippen LogP contribution in [0.4, 0.5) is 14.9 Å². The molecule has 2 aromatic carbocycles. The Balaban J connectivity index is 1.50. The minimum absolute atomic E-state index is 0.134. The predicted molar refractivity (Wildman–Crippen MR) is 121 cm³/mol. The van der Waals surface area contributed by atoms with Crippen LogP contribution in [0.5, 0.6) is 5.75 Å². The van der Waals surface area contributed by atoms with E-state index in [9.17, 15) is 14.0 Å². The zero-order valence-corrected chi connectivity index (χ0v) is 18.8. The number of methoxy groups -OCH3 is 1. The molecule has 8 nitrogen and oxygen atoms in total. The van der Waals surface area contributed by atoms with E-state index in [-0.39, 0.29) is 12.1 Å². The molecule has 3 aliphatic heterocycles. The second-order valence-corrected chi connectivity index (χ2v) is 8.27. The van der Waals surface area contributed by atoms with Crippen molar-refractivity contribution in [1.82, 2.24) is 14.7 Å². The zero-order chi connectivity index (χ0) is 23.4. The Labute approximate surface area is 191 Å². The second-order valence-electron chi connectivity index (χ2n) is 8.27. The van der Waals surface area contributed by atoms with Crippen molar-refractivity contribution in [1.29, 1.82) is 0 Å². The van der Waals surface area contributed by atoms with E-state index in [1.54, 1.807) is 32.4 Å². The number of imide groups is 1. The number of hydrogen-bond acceptors (Lipinski definition) is 6. The zero-order valence-electron chi connectivity index (χ0n) is 18.8. The number of hydrogen-bond donors (Lipinski definition) is 0. The maximum atomic E-state index is 14.3. The number of guanidine groups is 1. The van der Waals surface area contributed by atoms with Crippen molar-refractivity contribution in [2.75, 3.05) is 19.1 Å². The highest BCUT2D eigenvalue weighted by atomic mass is 19.1. The summed E-state index contributed by atoms with van der Waals surface area (Å²) in [5.41, 5.74) is 2.97. The smallest absolute Gasteiger partial charge is 0.328 e. The lowest BCUT2D eigenvalue weighted by Gasteiger charge is -2.40. The Bertz CT molecular complexity index is 1210. The molecular formula is C24H24FN5O3. The highest BCUT2D eigenvalue weighted by Gasteiger charge is 2.55. The van der Waals surface area contributed by atoms with Crippen LogP contribution in [-0.4, -0.2) is 59.0 Å². The van der Waals surface area contributed by atoms with Crippen molar-refractivity contribution in [2.24, 2.45) is 4.99 Å². The molecule has 1 saturated heterocycles. The molecule has 0 aliphatic carbocycles. The fraction of sp³-hybridized carbons (Fsp3) is 0.292. The monoisotopic (exact) mass is 449 g/mol. The minimum Gasteiger partial charge on any atom is -0.497 e. The van der Waals surface area contributed by atoms with Gasteiger partial charge in [-0.1, -0.05) is 18.2 Å². The van der Waals surface area contributed by atoms with Gasteiger partial charge in [-0.15, -0.1) is 0 Å². The fourth-order valence-corrected chi connectivity index (χ4v) is 4.60. The maximum Gasteiger partial charge on any atom is 0.328 e. The first-order valence-electron chi connectivity index (χ1n) is 10.6. The van der Waals surface area contributed by atoms with Gasteiger partial charge in [-0.2, -0.15) is 0 Å². The van der Waals surface area contributed by atoms with Crippen LogP contribution in [0.1, 0.15) is 19.4 Å². The molecule has 2 unspecified atom stereocenters. The number of ether oxygens (including phenoxy) is 1. The topological polar surface area (TPSA) is 68.7 Å². The Morgan fingerprint density at radius 1 is 1.03 bits per heavy atom. The Hall–Kier alpha value is -3.88. The minimum atomic E-state index is -0.715. The number of fused-ring (bicyclic) bond motifs is 3. The summed E-state index contributed by atoms with van der Waals surface area (Å²) in [5.74, 6) is 0.476. The number of amides is 3. The van der Waals surface area contributed by atoms with E-state index in [0.717, 1.165) is 27.7 Å². The van der Waals surface area contributed by atoms with Crippen molar-refractivity contribution < 1.29 is 18.7 Å². The largest absolute Gasteiger partial charge is 0.497 e. The molecule has 0 bridgehead atoms. The molecule has 0 spiro atoms. The summed E-state index contributed by atoms with van der Waals surface area (Å²) in [5, 5.41) is 0. The van der Waals surface area contributed by atoms with Gasteiger partial charge in [0, 0.05) is 29.7 Å². The molecule has 3 heterocycles. The van der Waals surface area contributed by atoms with Gasteiger partial charge in [0.25, 0.3) is 5.91 Å². The van der Waals surface area contributed by atoms with Crippen molar-refractivity contribution >= 4 is 23.6 Å². The number of allylic oxidation sites excluding steroid dienone is 2. The molecule has 0 radical (unpaired) electrons. The Morgan fingerprint density at radius 2 is 1.73 bits per heavy atom. The van der Waals surface area contributed by atoms with E-state index in [4.69, 9.17) is 9.73 Å². The first-order chi connectivity index (χ1) is 15.8. The lowest BCUT2D eigenvalue weighted by atomic mass is 10.1. The normalized spacial score (nSPS) is 22.2. The SMILES string of the molecule is COc1ccc(N2C3=NC4C(C(=O)N(Cc5ccccc5F)C(=O)N4C)N3C(C)=C2C)cc1. The molecular weight excluding hydrogens is 425 g/mol. The summed E-state index contributed by atoms with van der Waals surface area (Å²) in [6.45, 7) is 3.77. The van der Waals surface area contributed by atoms with Gasteiger partial charge in [0.2, 0.25) is 5.96 Å². The molecule has 2 aromatic rings. The number of carbonyl (C=O) groups excluding carboxylic acids is 2. The summed E-state index contributed by atoms with van der Waals surface area (Å²) >= 11 is 0. The van der Waals surface area contributed by atoms with E-state index in [0.29, 0.717) is 5.96 Å². The van der Waals surface area contributed by atoms with Crippen LogP contribution >= 0.6 is 0 Å². The van der Waals surface area contributed by atoms with E-state index in [1.807, 2.05) is 47.9 Å². The number of nitrogens with zero attached hydrogens (tertiary/aromatic N) is 5. The maximum absolute atomic E-state index is 14.3. The predicted octanol–water partition coefficient (Wildman–Crippen LogP) is 3.37. The van der Waals surface area contributed by atoms with Crippen LogP contribution in [-0.2, 0) is 11.3 Å². The molecule has 3 aliphatic rings. The number of likely N-dealkylation sites (N-methyl/N-ethyl adjacent to an activating group) is 1. The third kappa shape index (κ3) is 3.06. The second kappa shape index (κ2) is 7.61. The van der Waals surface area contributed by atoms with Gasteiger partial charge >= 0.3 is 6.03 Å². The van der Waals surface area contributed by atoms with Gasteiger partial charge in [0.05, 0.1) is 13.7 Å². The number of rotatable bonds is 4. The van der Waals surface area contributed by atoms with Gasteiger partial charge in [0.1, 0.15) is 11.6 Å². The van der Waals surface area contributed by atoms with E-state index in [1.165, 1.54) is 11.0 Å². The molecule has 3 amide bonds. The molecule has 0 aromatic heterocycles. The van der Waals surface area contributed by atoms with Gasteiger partial charge in [-0.05, 0) is 44.2 Å². The number of urea groups is 1. The summed E-state index contributed by atoms with van der Waals surface area (Å²) in [6.07, 6.45) is -0.666. The highest BCUT2D eigenvalue weighted by Crippen LogP contribution is 2.40. The fourth-order valence-electron chi connectivity index (χ4n) is 4.60. The Kier molecular flexibility index (Phi) is 4.84. The van der Waals surface area contributed by atoms with Gasteiger partial charge in [0.15, 0.2) is 12.2 Å². The van der Waals surface area contributed by atoms with Crippen LogP contribution in [0.3, 0.4) is 0 Å². The average Bonchev–Trinajstić information content (AvgIpc) is 3.32. The quantitative estimate of drug-likeness (QED) is 0.716. The average molecular weight is 449 g/mol. The van der Waals surface area contributed by atoms with Crippen LogP contribution in [0, 0.1) is 5.82 Å². The lowest BCUT2D eigenvalue weighted by molar-refractivity contribution is -0.137. The number of benzene rings is 2. The van der Waals surface area contributed by atoms with E-state index in [2.05, 4.69) is 0 Å². The molecule has 170 valence electrons. The van der Waals surface area contributed by atoms with Crippen LogP contribution in [0.15, 0.2) is 64.9 Å². The lowest BCUT2D eigenvalue weighted by Crippen LogP contribution is -2.64. The summed E-state index contributed by atoms with van der Waals surface area (Å²) < 4.78 is 19.5. The molecule has 33 heavy (non-hydrogen) atoms. The Morgan fingerprint density at radius 3 is 2.39 bits per heavy atom. The van der Waals surface area contributed by atoms with Gasteiger partial charge < -0.3 is 9.64 Å². The van der Waals surface area contributed by atoms with Crippen LogP contribution in [0.2, 0.25) is 0 Å². The van der Waals surface area contributed by atoms with Gasteiger partial charge in [-0.3, -0.25) is 19.5 Å². The van der Waals surface area contributed by atoms with Crippen molar-refractivity contribution in [2.45, 2.75) is 32.6 Å². The number of carbonyl (C=O) groups is 2. The molecule has 9 heteroatoms. The highest BCUT2D eigenvalue weighted by molar-refractivity contribution is 6.10. The summed E-state index contributed by atoms with van der Waals surface area (Å²) in [6, 6.07) is 12.5.